The zero-order valence-corrected chi connectivity index (χ0v) is 15.4. The fourth-order valence-corrected chi connectivity index (χ4v) is 3.37. The van der Waals surface area contributed by atoms with E-state index in [0.29, 0.717) is 11.1 Å². The molecule has 0 unspecified atom stereocenters. The van der Waals surface area contributed by atoms with Crippen LogP contribution in [0.4, 0.5) is 0 Å². The van der Waals surface area contributed by atoms with Crippen LogP contribution in [-0.4, -0.2) is 10.2 Å². The molecule has 0 aliphatic heterocycles. The van der Waals surface area contributed by atoms with Gasteiger partial charge in [-0.15, -0.1) is 0 Å². The van der Waals surface area contributed by atoms with Crippen molar-refractivity contribution in [1.29, 1.82) is 0 Å². The predicted octanol–water partition coefficient (Wildman–Crippen LogP) is 5.79. The van der Waals surface area contributed by atoms with Crippen molar-refractivity contribution in [1.82, 2.24) is 0 Å². The molecule has 0 aromatic heterocycles. The van der Waals surface area contributed by atoms with Crippen LogP contribution in [0.3, 0.4) is 0 Å². The molecule has 0 saturated heterocycles. The molecule has 0 amide bonds. The molecule has 0 radical (unpaired) electrons. The topological polar surface area (TPSA) is 40.5 Å². The standard InChI is InChI=1S/C26H22O2/c27-25(23-15-11-21(12-16-23)19-7-3-1-4-8-19)26(28)24-17-13-22(14-18-24)20-9-5-2-6-10-20/h1-18,25-28H/t25-,26-/m0/s1. The molecule has 4 aromatic carbocycles. The average Bonchev–Trinajstić information content (AvgIpc) is 2.79. The summed E-state index contributed by atoms with van der Waals surface area (Å²) in [5.74, 6) is 0. The molecular formula is C26H22O2. The van der Waals surface area contributed by atoms with E-state index in [1.807, 2.05) is 84.9 Å². The molecule has 2 N–H and O–H groups in total. The van der Waals surface area contributed by atoms with Crippen molar-refractivity contribution in [3.8, 4) is 22.3 Å². The van der Waals surface area contributed by atoms with Gasteiger partial charge >= 0.3 is 0 Å². The van der Waals surface area contributed by atoms with Gasteiger partial charge in [-0.25, -0.2) is 0 Å². The monoisotopic (exact) mass is 366 g/mol. The Labute approximate surface area is 165 Å². The molecule has 138 valence electrons. The zero-order chi connectivity index (χ0) is 19.3. The summed E-state index contributed by atoms with van der Waals surface area (Å²) in [4.78, 5) is 0. The van der Waals surface area contributed by atoms with Gasteiger partial charge in [-0.2, -0.15) is 0 Å². The lowest BCUT2D eigenvalue weighted by atomic mass is 9.95. The summed E-state index contributed by atoms with van der Waals surface area (Å²) in [7, 11) is 0. The summed E-state index contributed by atoms with van der Waals surface area (Å²) < 4.78 is 0. The molecule has 2 heteroatoms. The summed E-state index contributed by atoms with van der Waals surface area (Å²) >= 11 is 0. The number of hydrogen-bond acceptors (Lipinski definition) is 2. The smallest absolute Gasteiger partial charge is 0.109 e. The van der Waals surface area contributed by atoms with Crippen molar-refractivity contribution in [3.05, 3.63) is 120 Å². The van der Waals surface area contributed by atoms with Gasteiger partial charge in [0.15, 0.2) is 0 Å². The molecule has 2 atom stereocenters. The van der Waals surface area contributed by atoms with Gasteiger partial charge in [-0.1, -0.05) is 109 Å². The largest absolute Gasteiger partial charge is 0.385 e. The molecule has 2 nitrogen and oxygen atoms in total. The molecule has 0 saturated carbocycles. The molecule has 28 heavy (non-hydrogen) atoms. The highest BCUT2D eigenvalue weighted by Crippen LogP contribution is 2.31. The first kappa shape index (κ1) is 18.2. The number of hydrogen-bond donors (Lipinski definition) is 2. The van der Waals surface area contributed by atoms with E-state index >= 15 is 0 Å². The summed E-state index contributed by atoms with van der Waals surface area (Å²) in [5.41, 5.74) is 5.80. The fourth-order valence-electron chi connectivity index (χ4n) is 3.37. The van der Waals surface area contributed by atoms with Gasteiger partial charge in [-0.3, -0.25) is 0 Å². The molecule has 0 heterocycles. The van der Waals surface area contributed by atoms with E-state index < -0.39 is 12.2 Å². The van der Waals surface area contributed by atoms with E-state index in [2.05, 4.69) is 24.3 Å². The van der Waals surface area contributed by atoms with E-state index in [-0.39, 0.29) is 0 Å². The Hall–Kier alpha value is -3.20. The van der Waals surface area contributed by atoms with Gasteiger partial charge in [-0.05, 0) is 33.4 Å². The minimum Gasteiger partial charge on any atom is -0.385 e. The minimum atomic E-state index is -0.979. The molecule has 0 aliphatic rings. The normalized spacial score (nSPS) is 13.1. The van der Waals surface area contributed by atoms with E-state index in [1.165, 1.54) is 0 Å². The van der Waals surface area contributed by atoms with Crippen LogP contribution < -0.4 is 0 Å². The third kappa shape index (κ3) is 3.89. The molecule has 4 rings (SSSR count). The summed E-state index contributed by atoms with van der Waals surface area (Å²) in [6.07, 6.45) is -1.96. The van der Waals surface area contributed by atoms with Crippen LogP contribution in [0.1, 0.15) is 23.3 Å². The molecule has 0 bridgehead atoms. The highest BCUT2D eigenvalue weighted by atomic mass is 16.3. The maximum Gasteiger partial charge on any atom is 0.109 e. The first-order chi connectivity index (χ1) is 13.7. The SMILES string of the molecule is O[C@@H](c1ccc(-c2ccccc2)cc1)[C@@H](O)c1ccc(-c2ccccc2)cc1. The van der Waals surface area contributed by atoms with Crippen LogP contribution in [-0.2, 0) is 0 Å². The Balaban J connectivity index is 1.50. The second kappa shape index (κ2) is 8.22. The summed E-state index contributed by atoms with van der Waals surface area (Å²) in [6, 6.07) is 35.5. The van der Waals surface area contributed by atoms with Gasteiger partial charge in [0.2, 0.25) is 0 Å². The lowest BCUT2D eigenvalue weighted by Crippen LogP contribution is -2.10. The summed E-state index contributed by atoms with van der Waals surface area (Å²) in [5, 5.41) is 21.3. The number of rotatable bonds is 5. The van der Waals surface area contributed by atoms with Crippen LogP contribution in [0.5, 0.6) is 0 Å². The molecule has 0 spiro atoms. The van der Waals surface area contributed by atoms with Crippen LogP contribution in [0.15, 0.2) is 109 Å². The number of aliphatic hydroxyl groups excluding tert-OH is 2. The van der Waals surface area contributed by atoms with Gasteiger partial charge in [0.25, 0.3) is 0 Å². The Bertz CT molecular complexity index is 920. The van der Waals surface area contributed by atoms with E-state index in [1.54, 1.807) is 0 Å². The first-order valence-corrected chi connectivity index (χ1v) is 9.39. The van der Waals surface area contributed by atoms with Gasteiger partial charge in [0, 0.05) is 0 Å². The van der Waals surface area contributed by atoms with Crippen LogP contribution in [0, 0.1) is 0 Å². The highest BCUT2D eigenvalue weighted by Gasteiger charge is 2.20. The lowest BCUT2D eigenvalue weighted by Gasteiger charge is -2.19. The zero-order valence-electron chi connectivity index (χ0n) is 15.4. The Kier molecular flexibility index (Phi) is 5.34. The van der Waals surface area contributed by atoms with Crippen LogP contribution >= 0.6 is 0 Å². The second-order valence-corrected chi connectivity index (χ2v) is 6.87. The van der Waals surface area contributed by atoms with Crippen LogP contribution in [0.2, 0.25) is 0 Å². The average molecular weight is 366 g/mol. The van der Waals surface area contributed by atoms with Crippen molar-refractivity contribution < 1.29 is 10.2 Å². The molecule has 0 fully saturated rings. The maximum atomic E-state index is 10.6. The Morgan fingerprint density at radius 1 is 0.357 bits per heavy atom. The first-order valence-electron chi connectivity index (χ1n) is 9.39. The van der Waals surface area contributed by atoms with Crippen molar-refractivity contribution in [2.24, 2.45) is 0 Å². The third-order valence-electron chi connectivity index (χ3n) is 5.02. The highest BCUT2D eigenvalue weighted by molar-refractivity contribution is 5.64. The predicted molar refractivity (Wildman–Crippen MR) is 114 cm³/mol. The second-order valence-electron chi connectivity index (χ2n) is 6.87. The molecule has 0 aliphatic carbocycles. The van der Waals surface area contributed by atoms with E-state index in [4.69, 9.17) is 0 Å². The quantitative estimate of drug-likeness (QED) is 0.469. The van der Waals surface area contributed by atoms with Crippen molar-refractivity contribution in [3.63, 3.8) is 0 Å². The van der Waals surface area contributed by atoms with E-state index in [9.17, 15) is 10.2 Å². The van der Waals surface area contributed by atoms with Gasteiger partial charge in [0.05, 0.1) is 0 Å². The van der Waals surface area contributed by atoms with Crippen molar-refractivity contribution in [2.45, 2.75) is 12.2 Å². The lowest BCUT2D eigenvalue weighted by molar-refractivity contribution is 0.0172. The van der Waals surface area contributed by atoms with Gasteiger partial charge < -0.3 is 10.2 Å². The van der Waals surface area contributed by atoms with Crippen molar-refractivity contribution >= 4 is 0 Å². The molecule has 4 aromatic rings. The Morgan fingerprint density at radius 3 is 0.964 bits per heavy atom. The number of aliphatic hydroxyl groups is 2. The third-order valence-corrected chi connectivity index (χ3v) is 5.02. The fraction of sp³-hybridized carbons (Fsp3) is 0.0769. The summed E-state index contributed by atoms with van der Waals surface area (Å²) in [6.45, 7) is 0. The van der Waals surface area contributed by atoms with Crippen LogP contribution in [0.25, 0.3) is 22.3 Å². The Morgan fingerprint density at radius 2 is 0.643 bits per heavy atom. The number of benzene rings is 4. The maximum absolute atomic E-state index is 10.6. The van der Waals surface area contributed by atoms with Gasteiger partial charge in [0.1, 0.15) is 12.2 Å². The van der Waals surface area contributed by atoms with Crippen molar-refractivity contribution in [2.75, 3.05) is 0 Å². The molecular weight excluding hydrogens is 344 g/mol. The van der Waals surface area contributed by atoms with E-state index in [0.717, 1.165) is 22.3 Å². The minimum absolute atomic E-state index is 0.694.